The molecule has 48 heavy (non-hydrogen) atoms. The summed E-state index contributed by atoms with van der Waals surface area (Å²) in [5.74, 6) is 0.436. The molecule has 248 valence electrons. The molecule has 1 saturated heterocycles. The van der Waals surface area contributed by atoms with Crippen LogP contribution in [-0.2, 0) is 13.1 Å². The van der Waals surface area contributed by atoms with E-state index in [1.807, 2.05) is 54.2 Å². The molecule has 2 atom stereocenters. The lowest BCUT2D eigenvalue weighted by molar-refractivity contribution is 0.102. The third kappa shape index (κ3) is 6.54. The number of benzene rings is 2. The zero-order valence-electron chi connectivity index (χ0n) is 27.4. The SMILES string of the molecule is Cc1c(NC(=O)c2cc3n(n2)CCCC3NCCO)cccc1-c1cccc(Nc2nccc3cc(CN4CC[C@@H](O)C4)cnc23)c1C. The van der Waals surface area contributed by atoms with Gasteiger partial charge < -0.3 is 26.2 Å². The summed E-state index contributed by atoms with van der Waals surface area (Å²) >= 11 is 0. The zero-order valence-corrected chi connectivity index (χ0v) is 27.4. The number of anilines is 3. The van der Waals surface area contributed by atoms with Crippen molar-refractivity contribution in [3.8, 4) is 11.1 Å². The Morgan fingerprint density at radius 1 is 0.979 bits per heavy atom. The van der Waals surface area contributed by atoms with Crippen LogP contribution in [0.4, 0.5) is 17.2 Å². The van der Waals surface area contributed by atoms with E-state index >= 15 is 0 Å². The Morgan fingerprint density at radius 3 is 2.54 bits per heavy atom. The van der Waals surface area contributed by atoms with Gasteiger partial charge in [0.05, 0.1) is 18.4 Å². The number of β-amino-alcohol motifs (C(OH)–C–C–N with tert-alkyl or cyclic N) is 1. The van der Waals surface area contributed by atoms with Crippen LogP contribution in [0.15, 0.2) is 67.0 Å². The quantitative estimate of drug-likeness (QED) is 0.140. The van der Waals surface area contributed by atoms with Crippen molar-refractivity contribution in [3.63, 3.8) is 0 Å². The monoisotopic (exact) mass is 646 g/mol. The number of carbonyl (C=O) groups is 1. The summed E-state index contributed by atoms with van der Waals surface area (Å²) in [5.41, 5.74) is 9.00. The van der Waals surface area contributed by atoms with Crippen molar-refractivity contribution in [2.75, 3.05) is 36.9 Å². The molecule has 5 N–H and O–H groups in total. The molecule has 11 heteroatoms. The highest BCUT2D eigenvalue weighted by atomic mass is 16.3. The first-order valence-electron chi connectivity index (χ1n) is 16.7. The normalized spacial score (nSPS) is 17.8. The maximum atomic E-state index is 13.4. The van der Waals surface area contributed by atoms with Crippen LogP contribution >= 0.6 is 0 Å². The number of nitrogens with one attached hydrogen (secondary N) is 3. The molecule has 1 unspecified atom stereocenters. The van der Waals surface area contributed by atoms with E-state index < -0.39 is 0 Å². The molecule has 5 heterocycles. The van der Waals surface area contributed by atoms with E-state index in [0.717, 1.165) is 94.7 Å². The average Bonchev–Trinajstić information content (AvgIpc) is 3.72. The number of pyridine rings is 2. The van der Waals surface area contributed by atoms with E-state index in [4.69, 9.17) is 4.98 Å². The fraction of sp³-hybridized carbons (Fsp3) is 0.351. The van der Waals surface area contributed by atoms with Gasteiger partial charge in [-0.05, 0) is 91.3 Å². The maximum Gasteiger partial charge on any atom is 0.276 e. The van der Waals surface area contributed by atoms with E-state index in [0.29, 0.717) is 24.6 Å². The minimum Gasteiger partial charge on any atom is -0.395 e. The number of nitrogens with zero attached hydrogens (tertiary/aromatic N) is 5. The first-order valence-corrected chi connectivity index (χ1v) is 16.7. The zero-order chi connectivity index (χ0) is 33.2. The molecule has 2 aliphatic rings. The predicted molar refractivity (Wildman–Crippen MR) is 187 cm³/mol. The molecule has 0 saturated carbocycles. The molecule has 2 aromatic carbocycles. The minimum atomic E-state index is -0.249. The van der Waals surface area contributed by atoms with Crippen LogP contribution in [0.25, 0.3) is 22.0 Å². The van der Waals surface area contributed by atoms with E-state index in [2.05, 4.69) is 56.1 Å². The number of fused-ring (bicyclic) bond motifs is 2. The molecule has 2 aliphatic heterocycles. The second kappa shape index (κ2) is 13.8. The third-order valence-corrected chi connectivity index (χ3v) is 9.53. The van der Waals surface area contributed by atoms with Crippen molar-refractivity contribution < 1.29 is 15.0 Å². The highest BCUT2D eigenvalue weighted by Crippen LogP contribution is 2.35. The number of aliphatic hydroxyl groups excluding tert-OH is 2. The Kier molecular flexibility index (Phi) is 9.18. The van der Waals surface area contributed by atoms with Gasteiger partial charge in [0.2, 0.25) is 0 Å². The van der Waals surface area contributed by atoms with Gasteiger partial charge in [-0.3, -0.25) is 19.4 Å². The van der Waals surface area contributed by atoms with Crippen molar-refractivity contribution in [3.05, 3.63) is 95.1 Å². The molecule has 0 spiro atoms. The van der Waals surface area contributed by atoms with E-state index in [-0.39, 0.29) is 24.7 Å². The highest BCUT2D eigenvalue weighted by Gasteiger charge is 2.25. The summed E-state index contributed by atoms with van der Waals surface area (Å²) in [6.45, 7) is 7.80. The van der Waals surface area contributed by atoms with Crippen LogP contribution in [-0.4, -0.2) is 73.1 Å². The van der Waals surface area contributed by atoms with Gasteiger partial charge in [0.15, 0.2) is 11.5 Å². The number of aliphatic hydroxyl groups is 2. The first-order chi connectivity index (χ1) is 23.4. The molecular weight excluding hydrogens is 604 g/mol. The number of likely N-dealkylation sites (tertiary alicyclic amines) is 1. The number of aryl methyl sites for hydroxylation is 1. The number of amides is 1. The maximum absolute atomic E-state index is 13.4. The second-order valence-corrected chi connectivity index (χ2v) is 12.8. The second-order valence-electron chi connectivity index (χ2n) is 12.8. The summed E-state index contributed by atoms with van der Waals surface area (Å²) in [6, 6.07) is 18.2. The van der Waals surface area contributed by atoms with Crippen molar-refractivity contribution >= 4 is 34.0 Å². The van der Waals surface area contributed by atoms with E-state index in [1.165, 1.54) is 0 Å². The molecule has 11 nitrogen and oxygen atoms in total. The van der Waals surface area contributed by atoms with Gasteiger partial charge in [0.1, 0.15) is 5.52 Å². The Bertz CT molecular complexity index is 1960. The molecule has 0 aliphatic carbocycles. The van der Waals surface area contributed by atoms with Gasteiger partial charge in [0, 0.05) is 67.9 Å². The number of aromatic nitrogens is 4. The average molecular weight is 647 g/mol. The Morgan fingerprint density at radius 2 is 1.77 bits per heavy atom. The van der Waals surface area contributed by atoms with Gasteiger partial charge in [-0.15, -0.1) is 0 Å². The van der Waals surface area contributed by atoms with Gasteiger partial charge >= 0.3 is 0 Å². The van der Waals surface area contributed by atoms with Gasteiger partial charge in [0.25, 0.3) is 5.91 Å². The van der Waals surface area contributed by atoms with Crippen LogP contribution in [0, 0.1) is 13.8 Å². The lowest BCUT2D eigenvalue weighted by Crippen LogP contribution is -2.29. The van der Waals surface area contributed by atoms with Gasteiger partial charge in [-0.25, -0.2) is 4.98 Å². The van der Waals surface area contributed by atoms with Crippen LogP contribution in [0.2, 0.25) is 0 Å². The standard InChI is InChI=1S/C37H42N8O3/c1-23-28(6-3-8-30(23)41-36-35-26(11-13-39-36)18-25(20-40-35)21-44-16-12-27(47)22-44)29-7-4-9-31(24(29)2)42-37(48)33-19-34-32(38-14-17-46)10-5-15-45(34)43-33/h3-4,6-9,11,13,18-20,27,32,38,46-47H,5,10,12,14-17,21-22H2,1-2H3,(H,39,41)(H,42,48)/t27-,32?/m1/s1. The Hall–Kier alpha value is -4.68. The fourth-order valence-corrected chi connectivity index (χ4v) is 6.98. The van der Waals surface area contributed by atoms with Crippen LogP contribution in [0.5, 0.6) is 0 Å². The molecular formula is C37H42N8O3. The number of rotatable bonds is 10. The molecule has 0 bridgehead atoms. The third-order valence-electron chi connectivity index (χ3n) is 9.53. The molecule has 5 aromatic rings. The number of hydrogen-bond acceptors (Lipinski definition) is 9. The highest BCUT2D eigenvalue weighted by molar-refractivity contribution is 6.04. The van der Waals surface area contributed by atoms with Crippen LogP contribution < -0.4 is 16.0 Å². The summed E-state index contributed by atoms with van der Waals surface area (Å²) in [4.78, 5) is 25.1. The summed E-state index contributed by atoms with van der Waals surface area (Å²) in [7, 11) is 0. The summed E-state index contributed by atoms with van der Waals surface area (Å²) < 4.78 is 1.90. The lowest BCUT2D eigenvalue weighted by Gasteiger charge is -2.24. The number of carbonyl (C=O) groups excluding carboxylic acids is 1. The van der Waals surface area contributed by atoms with Crippen molar-refractivity contribution in [2.24, 2.45) is 0 Å². The first kappa shape index (κ1) is 31.9. The van der Waals surface area contributed by atoms with E-state index in [9.17, 15) is 15.0 Å². The minimum absolute atomic E-state index is 0.0661. The Labute approximate surface area is 280 Å². The predicted octanol–water partition coefficient (Wildman–Crippen LogP) is 5.09. The molecule has 0 radical (unpaired) electrons. The summed E-state index contributed by atoms with van der Waals surface area (Å²) in [6.07, 6.45) is 6.18. The smallest absolute Gasteiger partial charge is 0.276 e. The lowest BCUT2D eigenvalue weighted by atomic mass is 9.94. The largest absolute Gasteiger partial charge is 0.395 e. The van der Waals surface area contributed by atoms with Gasteiger partial charge in [-0.1, -0.05) is 24.3 Å². The van der Waals surface area contributed by atoms with E-state index in [1.54, 1.807) is 6.20 Å². The molecule has 1 amide bonds. The van der Waals surface area contributed by atoms with Gasteiger partial charge in [-0.2, -0.15) is 5.10 Å². The van der Waals surface area contributed by atoms with Crippen LogP contribution in [0.1, 0.15) is 58.2 Å². The van der Waals surface area contributed by atoms with Crippen LogP contribution in [0.3, 0.4) is 0 Å². The number of hydrogen-bond donors (Lipinski definition) is 5. The molecule has 3 aromatic heterocycles. The van der Waals surface area contributed by atoms with Crippen molar-refractivity contribution in [1.29, 1.82) is 0 Å². The molecule has 7 rings (SSSR count). The van der Waals surface area contributed by atoms with Crippen molar-refractivity contribution in [1.82, 2.24) is 30.0 Å². The Balaban J connectivity index is 1.10. The van der Waals surface area contributed by atoms with Crippen molar-refractivity contribution in [2.45, 2.75) is 58.3 Å². The topological polar surface area (TPSA) is 140 Å². The molecule has 1 fully saturated rings. The fourth-order valence-electron chi connectivity index (χ4n) is 6.98. The summed E-state index contributed by atoms with van der Waals surface area (Å²) in [5, 5.41) is 34.8.